The fourth-order valence-electron chi connectivity index (χ4n) is 2.09. The van der Waals surface area contributed by atoms with Crippen molar-refractivity contribution in [1.29, 1.82) is 0 Å². The lowest BCUT2D eigenvalue weighted by molar-refractivity contribution is 0.162. The van der Waals surface area contributed by atoms with Gasteiger partial charge in [-0.05, 0) is 30.3 Å². The molecule has 0 saturated heterocycles. The molecule has 0 aromatic rings. The summed E-state index contributed by atoms with van der Waals surface area (Å²) in [6.07, 6.45) is 7.22. The minimum atomic E-state index is -0.327. The molecule has 0 fully saturated rings. The van der Waals surface area contributed by atoms with Crippen molar-refractivity contribution in [1.82, 2.24) is 0 Å². The van der Waals surface area contributed by atoms with Crippen molar-refractivity contribution < 1.29 is 5.11 Å². The standard InChI is InChI=1S/C13H22O/c1-5-10(2)12(14)11-7-6-8-13(3,4)9-11/h5,9-10,12,14H,1,6-8H2,2-4H3/t10-,12-/m1/s1. The van der Waals surface area contributed by atoms with Crippen LogP contribution in [-0.2, 0) is 0 Å². The SMILES string of the molecule is C=C[C@@H](C)[C@@H](O)C1=CC(C)(C)CCC1. The van der Waals surface area contributed by atoms with Gasteiger partial charge in [0.2, 0.25) is 0 Å². The van der Waals surface area contributed by atoms with Crippen LogP contribution >= 0.6 is 0 Å². The number of allylic oxidation sites excluding steroid dienone is 1. The van der Waals surface area contributed by atoms with E-state index in [9.17, 15) is 5.11 Å². The zero-order chi connectivity index (χ0) is 10.8. The maximum atomic E-state index is 10.0. The predicted octanol–water partition coefficient (Wildman–Crippen LogP) is 3.31. The Kier molecular flexibility index (Phi) is 3.54. The molecule has 14 heavy (non-hydrogen) atoms. The zero-order valence-corrected chi connectivity index (χ0v) is 9.59. The van der Waals surface area contributed by atoms with Crippen molar-refractivity contribution in [3.05, 3.63) is 24.3 Å². The molecule has 0 radical (unpaired) electrons. The first-order chi connectivity index (χ1) is 6.46. The first-order valence-electron chi connectivity index (χ1n) is 5.48. The molecule has 1 aliphatic rings. The summed E-state index contributed by atoms with van der Waals surface area (Å²) < 4.78 is 0. The highest BCUT2D eigenvalue weighted by molar-refractivity contribution is 5.17. The first kappa shape index (κ1) is 11.5. The number of hydrogen-bond donors (Lipinski definition) is 1. The third-order valence-corrected chi connectivity index (χ3v) is 3.11. The van der Waals surface area contributed by atoms with E-state index in [1.807, 2.05) is 13.0 Å². The minimum Gasteiger partial charge on any atom is -0.388 e. The first-order valence-corrected chi connectivity index (χ1v) is 5.48. The van der Waals surface area contributed by atoms with E-state index in [4.69, 9.17) is 0 Å². The number of aliphatic hydroxyl groups excluding tert-OH is 1. The molecule has 0 aromatic heterocycles. The van der Waals surface area contributed by atoms with Crippen LogP contribution in [0.25, 0.3) is 0 Å². The Morgan fingerprint density at radius 1 is 1.57 bits per heavy atom. The molecule has 0 heterocycles. The van der Waals surface area contributed by atoms with Crippen LogP contribution in [0, 0.1) is 11.3 Å². The Labute approximate surface area is 87.5 Å². The fraction of sp³-hybridized carbons (Fsp3) is 0.692. The highest BCUT2D eigenvalue weighted by Gasteiger charge is 2.25. The lowest BCUT2D eigenvalue weighted by atomic mass is 9.77. The van der Waals surface area contributed by atoms with Crippen LogP contribution in [0.5, 0.6) is 0 Å². The van der Waals surface area contributed by atoms with Gasteiger partial charge < -0.3 is 5.11 Å². The van der Waals surface area contributed by atoms with Crippen molar-refractivity contribution in [3.8, 4) is 0 Å². The number of hydrogen-bond acceptors (Lipinski definition) is 1. The van der Waals surface area contributed by atoms with Gasteiger partial charge in [0, 0.05) is 5.92 Å². The molecule has 1 rings (SSSR count). The summed E-state index contributed by atoms with van der Waals surface area (Å²) in [4.78, 5) is 0. The highest BCUT2D eigenvalue weighted by Crippen LogP contribution is 2.35. The second-order valence-electron chi connectivity index (χ2n) is 5.10. The van der Waals surface area contributed by atoms with Gasteiger partial charge in [0.15, 0.2) is 0 Å². The van der Waals surface area contributed by atoms with Crippen LogP contribution in [0.4, 0.5) is 0 Å². The summed E-state index contributed by atoms with van der Waals surface area (Å²) in [6, 6.07) is 0. The van der Waals surface area contributed by atoms with Gasteiger partial charge >= 0.3 is 0 Å². The minimum absolute atomic E-state index is 0.162. The molecule has 1 aliphatic carbocycles. The summed E-state index contributed by atoms with van der Waals surface area (Å²) in [7, 11) is 0. The van der Waals surface area contributed by atoms with Crippen molar-refractivity contribution in [2.75, 3.05) is 0 Å². The average molecular weight is 194 g/mol. The highest BCUT2D eigenvalue weighted by atomic mass is 16.3. The Bertz CT molecular complexity index is 238. The van der Waals surface area contributed by atoms with E-state index in [0.29, 0.717) is 0 Å². The molecule has 0 aromatic carbocycles. The zero-order valence-electron chi connectivity index (χ0n) is 9.59. The summed E-state index contributed by atoms with van der Waals surface area (Å²) in [5.41, 5.74) is 1.46. The van der Waals surface area contributed by atoms with Crippen molar-refractivity contribution in [2.24, 2.45) is 11.3 Å². The molecule has 80 valence electrons. The lowest BCUT2D eigenvalue weighted by Crippen LogP contribution is -2.24. The maximum Gasteiger partial charge on any atom is 0.0810 e. The molecule has 0 bridgehead atoms. The van der Waals surface area contributed by atoms with E-state index in [0.717, 1.165) is 6.42 Å². The molecule has 0 unspecified atom stereocenters. The Morgan fingerprint density at radius 3 is 2.71 bits per heavy atom. The normalized spacial score (nSPS) is 25.0. The van der Waals surface area contributed by atoms with E-state index in [-0.39, 0.29) is 17.4 Å². The van der Waals surface area contributed by atoms with E-state index in [1.165, 1.54) is 18.4 Å². The Hall–Kier alpha value is -0.560. The second-order valence-corrected chi connectivity index (χ2v) is 5.10. The van der Waals surface area contributed by atoms with Gasteiger partial charge in [0.05, 0.1) is 6.10 Å². The summed E-state index contributed by atoms with van der Waals surface area (Å²) in [5.74, 6) is 0.162. The van der Waals surface area contributed by atoms with Gasteiger partial charge in [-0.3, -0.25) is 0 Å². The predicted molar refractivity (Wildman–Crippen MR) is 61.1 cm³/mol. The quantitative estimate of drug-likeness (QED) is 0.683. The number of rotatable bonds is 3. The number of aliphatic hydroxyl groups is 1. The third kappa shape index (κ3) is 2.71. The summed E-state index contributed by atoms with van der Waals surface area (Å²) >= 11 is 0. The fourth-order valence-corrected chi connectivity index (χ4v) is 2.09. The van der Waals surface area contributed by atoms with Crippen LogP contribution in [0.3, 0.4) is 0 Å². The average Bonchev–Trinajstić information content (AvgIpc) is 2.14. The third-order valence-electron chi connectivity index (χ3n) is 3.11. The molecular weight excluding hydrogens is 172 g/mol. The van der Waals surface area contributed by atoms with E-state index < -0.39 is 0 Å². The van der Waals surface area contributed by atoms with Crippen molar-refractivity contribution in [3.63, 3.8) is 0 Å². The van der Waals surface area contributed by atoms with Gasteiger partial charge in [-0.25, -0.2) is 0 Å². The van der Waals surface area contributed by atoms with Crippen molar-refractivity contribution >= 4 is 0 Å². The van der Waals surface area contributed by atoms with Crippen LogP contribution in [0.1, 0.15) is 40.0 Å². The van der Waals surface area contributed by atoms with Gasteiger partial charge in [0.25, 0.3) is 0 Å². The second kappa shape index (κ2) is 4.31. The van der Waals surface area contributed by atoms with Gasteiger partial charge in [0.1, 0.15) is 0 Å². The molecule has 0 aliphatic heterocycles. The molecule has 0 spiro atoms. The summed E-state index contributed by atoms with van der Waals surface area (Å²) in [6.45, 7) is 10.2. The van der Waals surface area contributed by atoms with Crippen molar-refractivity contribution in [2.45, 2.75) is 46.1 Å². The van der Waals surface area contributed by atoms with Gasteiger partial charge in [-0.1, -0.05) is 32.9 Å². The van der Waals surface area contributed by atoms with Crippen LogP contribution in [-0.4, -0.2) is 11.2 Å². The largest absolute Gasteiger partial charge is 0.388 e. The monoisotopic (exact) mass is 194 g/mol. The molecular formula is C13H22O. The Morgan fingerprint density at radius 2 is 2.21 bits per heavy atom. The smallest absolute Gasteiger partial charge is 0.0810 e. The van der Waals surface area contributed by atoms with E-state index in [2.05, 4.69) is 26.5 Å². The lowest BCUT2D eigenvalue weighted by Gasteiger charge is -2.30. The van der Waals surface area contributed by atoms with Crippen LogP contribution in [0.2, 0.25) is 0 Å². The molecule has 0 saturated carbocycles. The van der Waals surface area contributed by atoms with E-state index in [1.54, 1.807) is 0 Å². The molecule has 1 heteroatoms. The molecule has 2 atom stereocenters. The maximum absolute atomic E-state index is 10.0. The van der Waals surface area contributed by atoms with Crippen LogP contribution < -0.4 is 0 Å². The molecule has 1 nitrogen and oxygen atoms in total. The Balaban J connectivity index is 2.77. The van der Waals surface area contributed by atoms with Gasteiger partial charge in [-0.15, -0.1) is 6.58 Å². The van der Waals surface area contributed by atoms with Gasteiger partial charge in [-0.2, -0.15) is 0 Å². The summed E-state index contributed by atoms with van der Waals surface area (Å²) in [5, 5.41) is 10.0. The molecule has 0 amide bonds. The topological polar surface area (TPSA) is 20.2 Å². The van der Waals surface area contributed by atoms with E-state index >= 15 is 0 Å². The molecule has 1 N–H and O–H groups in total. The van der Waals surface area contributed by atoms with Crippen LogP contribution in [0.15, 0.2) is 24.3 Å².